The Hall–Kier alpha value is -2.11. The number of hydrogen-bond donors (Lipinski definition) is 0. The zero-order valence-electron chi connectivity index (χ0n) is 33.2. The summed E-state index contributed by atoms with van der Waals surface area (Å²) in [4.78, 5) is 37.5. The monoisotopic (exact) mass is 705 g/mol. The molecule has 6 nitrogen and oxygen atoms in total. The van der Waals surface area contributed by atoms with Crippen LogP contribution in [0.25, 0.3) is 0 Å². The van der Waals surface area contributed by atoms with Gasteiger partial charge in [0, 0.05) is 19.3 Å². The molecule has 0 rings (SSSR count). The van der Waals surface area contributed by atoms with Crippen LogP contribution in [0, 0.1) is 0 Å². The van der Waals surface area contributed by atoms with Gasteiger partial charge in [0.15, 0.2) is 6.10 Å². The highest BCUT2D eigenvalue weighted by Gasteiger charge is 2.19. The number of carbonyl (C=O) groups excluding carboxylic acids is 3. The zero-order valence-corrected chi connectivity index (χ0v) is 33.2. The van der Waals surface area contributed by atoms with Gasteiger partial charge in [-0.25, -0.2) is 0 Å². The minimum atomic E-state index is -0.770. The molecule has 1 unspecified atom stereocenters. The molecule has 0 spiro atoms. The van der Waals surface area contributed by atoms with Gasteiger partial charge in [-0.15, -0.1) is 0 Å². The third-order valence-electron chi connectivity index (χ3n) is 9.14. The van der Waals surface area contributed by atoms with Crippen molar-refractivity contribution in [3.63, 3.8) is 0 Å². The Balaban J connectivity index is 4.36. The smallest absolute Gasteiger partial charge is 0.306 e. The van der Waals surface area contributed by atoms with Crippen LogP contribution in [-0.4, -0.2) is 37.2 Å². The summed E-state index contributed by atoms with van der Waals surface area (Å²) < 4.78 is 16.6. The number of unbranched alkanes of at least 4 members (excludes halogenated alkanes) is 23. The first kappa shape index (κ1) is 47.9. The van der Waals surface area contributed by atoms with Crippen molar-refractivity contribution in [2.24, 2.45) is 0 Å². The average molecular weight is 705 g/mol. The number of carbonyl (C=O) groups is 3. The summed E-state index contributed by atoms with van der Waals surface area (Å²) in [6, 6.07) is 0. The van der Waals surface area contributed by atoms with Crippen LogP contribution in [0.1, 0.15) is 220 Å². The molecule has 0 aliphatic rings. The molecule has 6 heteroatoms. The Morgan fingerprint density at radius 1 is 0.380 bits per heavy atom. The second kappa shape index (κ2) is 39.7. The highest BCUT2D eigenvalue weighted by atomic mass is 16.6. The SMILES string of the molecule is CCC/C=C\CCCCCCCC(=O)OCC(COC(=O)CCCCCCCCCCCCCC)OC(=O)CCCCCCC/C=C\CCC. The molecule has 0 aromatic rings. The van der Waals surface area contributed by atoms with Gasteiger partial charge in [0.05, 0.1) is 0 Å². The summed E-state index contributed by atoms with van der Waals surface area (Å²) in [6.45, 7) is 6.48. The van der Waals surface area contributed by atoms with Gasteiger partial charge in [0.2, 0.25) is 0 Å². The standard InChI is InChI=1S/C44H80O6/c1-4-7-10-13-16-19-22-23-26-28-31-34-37-43(46)49-40-41(50-44(47)38-35-32-29-25-21-18-15-12-9-6-3)39-48-42(45)36-33-30-27-24-20-17-14-11-8-5-2/h11-12,14-15,41H,4-10,13,16-40H2,1-3H3/b14-11-,15-12-. The lowest BCUT2D eigenvalue weighted by Crippen LogP contribution is -2.30. The lowest BCUT2D eigenvalue weighted by Gasteiger charge is -2.18. The van der Waals surface area contributed by atoms with Crippen LogP contribution in [0.2, 0.25) is 0 Å². The van der Waals surface area contributed by atoms with Crippen LogP contribution in [-0.2, 0) is 28.6 Å². The predicted molar refractivity (Wildman–Crippen MR) is 210 cm³/mol. The van der Waals surface area contributed by atoms with Crippen molar-refractivity contribution in [1.82, 2.24) is 0 Å². The van der Waals surface area contributed by atoms with E-state index in [-0.39, 0.29) is 31.1 Å². The third-order valence-corrected chi connectivity index (χ3v) is 9.14. The van der Waals surface area contributed by atoms with Crippen molar-refractivity contribution in [1.29, 1.82) is 0 Å². The summed E-state index contributed by atoms with van der Waals surface area (Å²) in [5.41, 5.74) is 0. The molecule has 0 radical (unpaired) electrons. The van der Waals surface area contributed by atoms with E-state index in [9.17, 15) is 14.4 Å². The van der Waals surface area contributed by atoms with Crippen molar-refractivity contribution in [2.75, 3.05) is 13.2 Å². The first-order valence-electron chi connectivity index (χ1n) is 21.3. The van der Waals surface area contributed by atoms with Gasteiger partial charge in [0.25, 0.3) is 0 Å². The van der Waals surface area contributed by atoms with Gasteiger partial charge in [0.1, 0.15) is 13.2 Å². The highest BCUT2D eigenvalue weighted by molar-refractivity contribution is 5.71. The topological polar surface area (TPSA) is 78.9 Å². The van der Waals surface area contributed by atoms with Gasteiger partial charge < -0.3 is 14.2 Å². The summed E-state index contributed by atoms with van der Waals surface area (Å²) >= 11 is 0. The van der Waals surface area contributed by atoms with E-state index in [4.69, 9.17) is 14.2 Å². The summed E-state index contributed by atoms with van der Waals surface area (Å²) in [5.74, 6) is -0.897. The van der Waals surface area contributed by atoms with E-state index in [1.165, 1.54) is 89.9 Å². The largest absolute Gasteiger partial charge is 0.462 e. The maximum atomic E-state index is 12.6. The fourth-order valence-electron chi connectivity index (χ4n) is 5.92. The van der Waals surface area contributed by atoms with E-state index in [1.807, 2.05) is 0 Å². The molecule has 0 bridgehead atoms. The van der Waals surface area contributed by atoms with Crippen LogP contribution < -0.4 is 0 Å². The highest BCUT2D eigenvalue weighted by Crippen LogP contribution is 2.14. The lowest BCUT2D eigenvalue weighted by atomic mass is 10.0. The molecule has 0 aliphatic heterocycles. The molecule has 0 N–H and O–H groups in total. The van der Waals surface area contributed by atoms with E-state index in [1.54, 1.807) is 0 Å². The molecular weight excluding hydrogens is 624 g/mol. The van der Waals surface area contributed by atoms with Gasteiger partial charge in [-0.3, -0.25) is 14.4 Å². The van der Waals surface area contributed by atoms with E-state index >= 15 is 0 Å². The summed E-state index contributed by atoms with van der Waals surface area (Å²) in [7, 11) is 0. The van der Waals surface area contributed by atoms with Crippen LogP contribution in [0.4, 0.5) is 0 Å². The number of hydrogen-bond acceptors (Lipinski definition) is 6. The molecule has 0 aromatic heterocycles. The van der Waals surface area contributed by atoms with Crippen molar-refractivity contribution < 1.29 is 28.6 Å². The summed E-state index contributed by atoms with van der Waals surface area (Å²) in [6.07, 6.45) is 41.6. The first-order valence-corrected chi connectivity index (χ1v) is 21.3. The molecule has 0 heterocycles. The third kappa shape index (κ3) is 37.2. The fraction of sp³-hybridized carbons (Fsp3) is 0.841. The van der Waals surface area contributed by atoms with Gasteiger partial charge in [-0.2, -0.15) is 0 Å². The van der Waals surface area contributed by atoms with Gasteiger partial charge in [-0.05, 0) is 57.8 Å². The molecule has 50 heavy (non-hydrogen) atoms. The van der Waals surface area contributed by atoms with Crippen LogP contribution in [0.3, 0.4) is 0 Å². The van der Waals surface area contributed by atoms with E-state index < -0.39 is 6.10 Å². The van der Waals surface area contributed by atoms with Crippen molar-refractivity contribution in [3.8, 4) is 0 Å². The predicted octanol–water partition coefficient (Wildman–Crippen LogP) is 13.2. The maximum Gasteiger partial charge on any atom is 0.306 e. The molecule has 0 saturated carbocycles. The Morgan fingerprint density at radius 3 is 1.08 bits per heavy atom. The van der Waals surface area contributed by atoms with E-state index in [0.29, 0.717) is 19.3 Å². The Labute approximate surface area is 309 Å². The minimum Gasteiger partial charge on any atom is -0.462 e. The molecule has 0 aliphatic carbocycles. The minimum absolute atomic E-state index is 0.0750. The molecule has 0 amide bonds. The molecule has 292 valence electrons. The van der Waals surface area contributed by atoms with Crippen molar-refractivity contribution >= 4 is 17.9 Å². The second-order valence-corrected chi connectivity index (χ2v) is 14.3. The molecule has 0 saturated heterocycles. The van der Waals surface area contributed by atoms with Crippen LogP contribution in [0.15, 0.2) is 24.3 Å². The van der Waals surface area contributed by atoms with Crippen LogP contribution >= 0.6 is 0 Å². The zero-order chi connectivity index (χ0) is 36.6. The summed E-state index contributed by atoms with van der Waals surface area (Å²) in [5, 5.41) is 0. The number of esters is 3. The molecule has 0 fully saturated rings. The number of rotatable bonds is 38. The second-order valence-electron chi connectivity index (χ2n) is 14.3. The van der Waals surface area contributed by atoms with Crippen molar-refractivity contribution in [3.05, 3.63) is 24.3 Å². The van der Waals surface area contributed by atoms with E-state index in [2.05, 4.69) is 45.1 Å². The maximum absolute atomic E-state index is 12.6. The van der Waals surface area contributed by atoms with E-state index in [0.717, 1.165) is 89.9 Å². The Bertz CT molecular complexity index is 819. The first-order chi connectivity index (χ1) is 24.5. The normalized spacial score (nSPS) is 12.1. The average Bonchev–Trinajstić information content (AvgIpc) is 3.11. The van der Waals surface area contributed by atoms with Crippen LogP contribution in [0.5, 0.6) is 0 Å². The Kier molecular flexibility index (Phi) is 38.0. The lowest BCUT2D eigenvalue weighted by molar-refractivity contribution is -0.167. The van der Waals surface area contributed by atoms with Gasteiger partial charge in [-0.1, -0.05) is 167 Å². The molecular formula is C44H80O6. The number of ether oxygens (including phenoxy) is 3. The number of allylic oxidation sites excluding steroid dienone is 4. The Morgan fingerprint density at radius 2 is 0.700 bits per heavy atom. The van der Waals surface area contributed by atoms with Crippen molar-refractivity contribution in [2.45, 2.75) is 226 Å². The quantitative estimate of drug-likeness (QED) is 0.0275. The molecule has 0 aromatic carbocycles. The fourth-order valence-corrected chi connectivity index (χ4v) is 5.92. The molecule has 1 atom stereocenters. The van der Waals surface area contributed by atoms with Gasteiger partial charge >= 0.3 is 17.9 Å².